The van der Waals surface area contributed by atoms with Gasteiger partial charge in [0.25, 0.3) is 0 Å². The minimum atomic E-state index is 0.172. The Bertz CT molecular complexity index is 712. The number of hydrogen-bond donors (Lipinski definition) is 3. The number of unbranched alkanes of at least 4 members (excludes halogenated alkanes) is 1. The van der Waals surface area contributed by atoms with Crippen LogP contribution in [0.4, 0.5) is 23.0 Å². The number of ether oxygens (including phenoxy) is 1. The molecule has 0 saturated heterocycles. The maximum absolute atomic E-state index is 5.88. The van der Waals surface area contributed by atoms with Gasteiger partial charge in [0, 0.05) is 17.8 Å². The minimum Gasteiger partial charge on any atom is -0.486 e. The van der Waals surface area contributed by atoms with Crippen molar-refractivity contribution in [3.63, 3.8) is 0 Å². The number of nitrogen functional groups attached to an aromatic ring is 3. The average Bonchev–Trinajstić information content (AvgIpc) is 2.51. The van der Waals surface area contributed by atoms with E-state index in [2.05, 4.69) is 16.9 Å². The quantitative estimate of drug-likeness (QED) is 0.709. The fourth-order valence-corrected chi connectivity index (χ4v) is 2.15. The van der Waals surface area contributed by atoms with E-state index >= 15 is 0 Å². The molecule has 0 radical (unpaired) electrons. The monoisotopic (exact) mass is 313 g/mol. The number of aliphatic imine (C=N–C) groups is 1. The number of anilines is 3. The van der Waals surface area contributed by atoms with Gasteiger partial charge < -0.3 is 21.9 Å². The zero-order valence-corrected chi connectivity index (χ0v) is 13.5. The van der Waals surface area contributed by atoms with Crippen LogP contribution in [0.5, 0.6) is 5.75 Å². The molecule has 6 nitrogen and oxygen atoms in total. The van der Waals surface area contributed by atoms with Gasteiger partial charge in [0.15, 0.2) is 5.82 Å². The van der Waals surface area contributed by atoms with Gasteiger partial charge in [-0.2, -0.15) is 0 Å². The summed E-state index contributed by atoms with van der Waals surface area (Å²) in [4.78, 5) is 8.46. The van der Waals surface area contributed by atoms with Crippen LogP contribution in [-0.4, -0.2) is 11.2 Å². The molecule has 2 rings (SSSR count). The Kier molecular flexibility index (Phi) is 5.41. The molecule has 1 heterocycles. The highest BCUT2D eigenvalue weighted by molar-refractivity contribution is 5.70. The molecule has 0 spiro atoms. The van der Waals surface area contributed by atoms with Crippen LogP contribution in [-0.2, 0) is 6.61 Å². The molecule has 0 aliphatic rings. The molecule has 122 valence electrons. The van der Waals surface area contributed by atoms with Crippen LogP contribution < -0.4 is 21.9 Å². The Labute approximate surface area is 136 Å². The molecule has 1 aromatic carbocycles. The summed E-state index contributed by atoms with van der Waals surface area (Å²) in [6, 6.07) is 7.56. The first kappa shape index (κ1) is 16.6. The zero-order valence-electron chi connectivity index (χ0n) is 13.5. The third-order valence-corrected chi connectivity index (χ3v) is 3.41. The lowest BCUT2D eigenvalue weighted by atomic mass is 10.1. The van der Waals surface area contributed by atoms with Crippen molar-refractivity contribution in [3.8, 4) is 5.75 Å². The van der Waals surface area contributed by atoms with E-state index in [0.29, 0.717) is 18.0 Å². The number of pyridine rings is 1. The van der Waals surface area contributed by atoms with Gasteiger partial charge in [-0.15, -0.1) is 0 Å². The van der Waals surface area contributed by atoms with E-state index < -0.39 is 0 Å². The van der Waals surface area contributed by atoms with Gasteiger partial charge in [0.2, 0.25) is 0 Å². The molecule has 23 heavy (non-hydrogen) atoms. The first-order valence-electron chi connectivity index (χ1n) is 7.58. The highest BCUT2D eigenvalue weighted by atomic mass is 16.5. The highest BCUT2D eigenvalue weighted by Crippen LogP contribution is 2.30. The predicted molar refractivity (Wildman–Crippen MR) is 96.0 cm³/mol. The SMILES string of the molecule is CCCC=Nc1c(C)cccc1COc1cc(N)nc(N)c1N. The van der Waals surface area contributed by atoms with E-state index in [9.17, 15) is 0 Å². The third-order valence-electron chi connectivity index (χ3n) is 3.41. The summed E-state index contributed by atoms with van der Waals surface area (Å²) in [7, 11) is 0. The lowest BCUT2D eigenvalue weighted by Gasteiger charge is -2.13. The normalized spacial score (nSPS) is 11.0. The number of rotatable bonds is 6. The number of aryl methyl sites for hydroxylation is 1. The van der Waals surface area contributed by atoms with E-state index in [1.54, 1.807) is 6.07 Å². The molecule has 0 saturated carbocycles. The molecule has 0 aliphatic carbocycles. The molecule has 0 bridgehead atoms. The Morgan fingerprint density at radius 1 is 1.26 bits per heavy atom. The lowest BCUT2D eigenvalue weighted by Crippen LogP contribution is -2.05. The maximum atomic E-state index is 5.88. The smallest absolute Gasteiger partial charge is 0.152 e. The summed E-state index contributed by atoms with van der Waals surface area (Å²) in [6.45, 7) is 4.47. The van der Waals surface area contributed by atoms with Crippen LogP contribution in [0.25, 0.3) is 0 Å². The number of hydrogen-bond acceptors (Lipinski definition) is 6. The summed E-state index contributed by atoms with van der Waals surface area (Å²) in [5, 5.41) is 0. The second kappa shape index (κ2) is 7.49. The summed E-state index contributed by atoms with van der Waals surface area (Å²) < 4.78 is 5.79. The van der Waals surface area contributed by atoms with E-state index in [0.717, 1.165) is 29.7 Å². The van der Waals surface area contributed by atoms with E-state index in [1.165, 1.54) is 0 Å². The summed E-state index contributed by atoms with van der Waals surface area (Å²) in [5.74, 6) is 0.877. The largest absolute Gasteiger partial charge is 0.486 e. The summed E-state index contributed by atoms with van der Waals surface area (Å²) in [6.07, 6.45) is 3.94. The van der Waals surface area contributed by atoms with Crippen molar-refractivity contribution in [3.05, 3.63) is 35.4 Å². The fraction of sp³-hybridized carbons (Fsp3) is 0.294. The lowest BCUT2D eigenvalue weighted by molar-refractivity contribution is 0.308. The number of nitrogens with two attached hydrogens (primary N) is 3. The molecule has 0 atom stereocenters. The first-order chi connectivity index (χ1) is 11.0. The van der Waals surface area contributed by atoms with Crippen molar-refractivity contribution in [2.45, 2.75) is 33.3 Å². The Balaban J connectivity index is 2.23. The van der Waals surface area contributed by atoms with Gasteiger partial charge >= 0.3 is 0 Å². The van der Waals surface area contributed by atoms with Gasteiger partial charge in [0.05, 0.1) is 5.69 Å². The van der Waals surface area contributed by atoms with Crippen LogP contribution in [0.1, 0.15) is 30.9 Å². The van der Waals surface area contributed by atoms with Gasteiger partial charge in [-0.1, -0.05) is 31.5 Å². The topological polar surface area (TPSA) is 113 Å². The highest BCUT2D eigenvalue weighted by Gasteiger charge is 2.10. The standard InChI is InChI=1S/C17H23N5O/c1-3-4-8-21-16-11(2)6-5-7-12(16)10-23-13-9-14(18)22-17(20)15(13)19/h5-9H,3-4,10,19H2,1-2H3,(H4,18,20,22). The Morgan fingerprint density at radius 2 is 2.04 bits per heavy atom. The molecule has 6 heteroatoms. The maximum Gasteiger partial charge on any atom is 0.152 e. The molecular weight excluding hydrogens is 290 g/mol. The number of benzene rings is 1. The van der Waals surface area contributed by atoms with Crippen LogP contribution >= 0.6 is 0 Å². The van der Waals surface area contributed by atoms with Crippen LogP contribution in [0, 0.1) is 6.92 Å². The van der Waals surface area contributed by atoms with Crippen LogP contribution in [0.15, 0.2) is 29.3 Å². The molecular formula is C17H23N5O. The Hall–Kier alpha value is -2.76. The minimum absolute atomic E-state index is 0.172. The van der Waals surface area contributed by atoms with Crippen LogP contribution in [0.3, 0.4) is 0 Å². The van der Waals surface area contributed by atoms with Crippen molar-refractivity contribution >= 4 is 29.2 Å². The van der Waals surface area contributed by atoms with E-state index in [4.69, 9.17) is 21.9 Å². The number of para-hydroxylation sites is 1. The average molecular weight is 313 g/mol. The van der Waals surface area contributed by atoms with Gasteiger partial charge in [-0.05, 0) is 18.9 Å². The number of aromatic nitrogens is 1. The molecule has 0 amide bonds. The fourth-order valence-electron chi connectivity index (χ4n) is 2.15. The summed E-state index contributed by atoms with van der Waals surface area (Å²) in [5.41, 5.74) is 20.6. The van der Waals surface area contributed by atoms with Crippen LogP contribution in [0.2, 0.25) is 0 Å². The van der Waals surface area contributed by atoms with Crippen molar-refractivity contribution in [2.24, 2.45) is 4.99 Å². The zero-order chi connectivity index (χ0) is 16.8. The van der Waals surface area contributed by atoms with Gasteiger partial charge in [-0.3, -0.25) is 4.99 Å². The van der Waals surface area contributed by atoms with Gasteiger partial charge in [-0.25, -0.2) is 4.98 Å². The summed E-state index contributed by atoms with van der Waals surface area (Å²) >= 11 is 0. The van der Waals surface area contributed by atoms with Gasteiger partial charge in [0.1, 0.15) is 23.9 Å². The second-order valence-corrected chi connectivity index (χ2v) is 5.32. The Morgan fingerprint density at radius 3 is 2.78 bits per heavy atom. The van der Waals surface area contributed by atoms with Crippen molar-refractivity contribution < 1.29 is 4.74 Å². The molecule has 0 fully saturated rings. The molecule has 0 aliphatic heterocycles. The van der Waals surface area contributed by atoms with E-state index in [1.807, 2.05) is 31.3 Å². The van der Waals surface area contributed by atoms with Crippen molar-refractivity contribution in [1.82, 2.24) is 4.98 Å². The molecule has 0 unspecified atom stereocenters. The predicted octanol–water partition coefficient (Wildman–Crippen LogP) is 3.22. The third kappa shape index (κ3) is 4.12. The molecule has 2 aromatic rings. The number of nitrogens with zero attached hydrogens (tertiary/aromatic N) is 2. The molecule has 1 aromatic heterocycles. The first-order valence-corrected chi connectivity index (χ1v) is 7.58. The van der Waals surface area contributed by atoms with Crippen molar-refractivity contribution in [2.75, 3.05) is 17.2 Å². The van der Waals surface area contributed by atoms with E-state index in [-0.39, 0.29) is 11.6 Å². The van der Waals surface area contributed by atoms with Crippen molar-refractivity contribution in [1.29, 1.82) is 0 Å². The second-order valence-electron chi connectivity index (χ2n) is 5.32. The molecule has 6 N–H and O–H groups in total.